The fraction of sp³-hybridized carbons (Fsp3) is 0.857. The van der Waals surface area contributed by atoms with Crippen LogP contribution >= 0.6 is 0 Å². The Labute approximate surface area is 100 Å². The molecule has 2 heteroatoms. The summed E-state index contributed by atoms with van der Waals surface area (Å²) in [5.41, 5.74) is 0. The number of hydrogen-bond acceptors (Lipinski definition) is 2. The fourth-order valence-electron chi connectivity index (χ4n) is 2.61. The van der Waals surface area contributed by atoms with Crippen molar-refractivity contribution in [2.75, 3.05) is 6.61 Å². The van der Waals surface area contributed by atoms with E-state index in [2.05, 4.69) is 25.7 Å². The Hall–Kier alpha value is -0.340. The van der Waals surface area contributed by atoms with E-state index in [1.165, 1.54) is 25.7 Å². The second-order valence-corrected chi connectivity index (χ2v) is 5.29. The number of allylic oxidation sites excluding steroid dienone is 1. The first kappa shape index (κ1) is 13.7. The molecule has 1 aliphatic carbocycles. The van der Waals surface area contributed by atoms with Gasteiger partial charge >= 0.3 is 0 Å². The molecule has 0 radical (unpaired) electrons. The molecule has 1 saturated carbocycles. The van der Waals surface area contributed by atoms with Gasteiger partial charge in [-0.05, 0) is 38.0 Å². The minimum absolute atomic E-state index is 0.334. The first-order chi connectivity index (χ1) is 7.69. The summed E-state index contributed by atoms with van der Waals surface area (Å²) in [6.07, 6.45) is 8.03. The summed E-state index contributed by atoms with van der Waals surface area (Å²) < 4.78 is 0. The van der Waals surface area contributed by atoms with Crippen LogP contribution in [0.1, 0.15) is 46.0 Å². The molecule has 0 amide bonds. The topological polar surface area (TPSA) is 32.3 Å². The fourth-order valence-corrected chi connectivity index (χ4v) is 2.61. The Bertz CT molecular complexity index is 205. The molecule has 0 saturated heterocycles. The molecular formula is C14H27NO. The summed E-state index contributed by atoms with van der Waals surface area (Å²) in [4.78, 5) is 0. The quantitative estimate of drug-likeness (QED) is 0.681. The van der Waals surface area contributed by atoms with Crippen LogP contribution in [0.4, 0.5) is 0 Å². The highest BCUT2D eigenvalue weighted by Crippen LogP contribution is 2.25. The van der Waals surface area contributed by atoms with E-state index in [-0.39, 0.29) is 0 Å². The number of rotatable bonds is 6. The second kappa shape index (κ2) is 7.08. The zero-order valence-electron chi connectivity index (χ0n) is 10.8. The first-order valence-electron chi connectivity index (χ1n) is 6.66. The normalized spacial score (nSPS) is 29.7. The van der Waals surface area contributed by atoms with E-state index in [9.17, 15) is 5.11 Å². The third kappa shape index (κ3) is 3.91. The SMILES string of the molecule is C=CCC(C)C(C)NC1CCCCC1CO. The highest BCUT2D eigenvalue weighted by atomic mass is 16.3. The van der Waals surface area contributed by atoms with Gasteiger partial charge in [0.25, 0.3) is 0 Å². The third-order valence-electron chi connectivity index (χ3n) is 4.01. The van der Waals surface area contributed by atoms with E-state index in [0.29, 0.717) is 30.5 Å². The highest BCUT2D eigenvalue weighted by molar-refractivity contribution is 4.85. The summed E-state index contributed by atoms with van der Waals surface area (Å²) in [5, 5.41) is 13.1. The molecule has 0 spiro atoms. The van der Waals surface area contributed by atoms with Gasteiger partial charge in [0.1, 0.15) is 0 Å². The van der Waals surface area contributed by atoms with Gasteiger partial charge in [-0.1, -0.05) is 25.8 Å². The molecule has 0 aliphatic heterocycles. The maximum Gasteiger partial charge on any atom is 0.0474 e. The van der Waals surface area contributed by atoms with Crippen LogP contribution in [0.15, 0.2) is 12.7 Å². The Kier molecular flexibility index (Phi) is 6.07. The standard InChI is InChI=1S/C14H27NO/c1-4-7-11(2)12(3)15-14-9-6-5-8-13(14)10-16/h4,11-16H,1,5-10H2,2-3H3. The maximum absolute atomic E-state index is 9.36. The Balaban J connectivity index is 2.41. The van der Waals surface area contributed by atoms with Crippen LogP contribution in [0.3, 0.4) is 0 Å². The van der Waals surface area contributed by atoms with Crippen molar-refractivity contribution in [3.8, 4) is 0 Å². The number of aliphatic hydroxyl groups excluding tert-OH is 1. The molecule has 0 aromatic rings. The van der Waals surface area contributed by atoms with Crippen LogP contribution in [0, 0.1) is 11.8 Å². The Morgan fingerprint density at radius 1 is 1.38 bits per heavy atom. The van der Waals surface area contributed by atoms with E-state index in [1.54, 1.807) is 0 Å². The van der Waals surface area contributed by atoms with Gasteiger partial charge in [-0.15, -0.1) is 6.58 Å². The van der Waals surface area contributed by atoms with Crippen molar-refractivity contribution < 1.29 is 5.11 Å². The van der Waals surface area contributed by atoms with Crippen LogP contribution in [0.2, 0.25) is 0 Å². The minimum Gasteiger partial charge on any atom is -0.396 e. The van der Waals surface area contributed by atoms with Crippen molar-refractivity contribution >= 4 is 0 Å². The lowest BCUT2D eigenvalue weighted by Gasteiger charge is -2.35. The van der Waals surface area contributed by atoms with E-state index in [4.69, 9.17) is 0 Å². The smallest absolute Gasteiger partial charge is 0.0474 e. The third-order valence-corrected chi connectivity index (χ3v) is 4.01. The van der Waals surface area contributed by atoms with Crippen LogP contribution in [-0.2, 0) is 0 Å². The predicted molar refractivity (Wildman–Crippen MR) is 69.4 cm³/mol. The molecule has 4 atom stereocenters. The van der Waals surface area contributed by atoms with Gasteiger partial charge in [0.15, 0.2) is 0 Å². The van der Waals surface area contributed by atoms with E-state index in [1.807, 2.05) is 6.08 Å². The molecule has 1 rings (SSSR count). The average molecular weight is 225 g/mol. The maximum atomic E-state index is 9.36. The molecule has 1 aliphatic rings. The molecule has 0 aromatic heterocycles. The van der Waals surface area contributed by atoms with Gasteiger partial charge in [0.05, 0.1) is 0 Å². The summed E-state index contributed by atoms with van der Waals surface area (Å²) in [5.74, 6) is 1.09. The predicted octanol–water partition coefficient (Wildman–Crippen LogP) is 2.73. The molecule has 0 aromatic carbocycles. The Morgan fingerprint density at radius 2 is 2.06 bits per heavy atom. The summed E-state index contributed by atoms with van der Waals surface area (Å²) in [6, 6.07) is 1.02. The summed E-state index contributed by atoms with van der Waals surface area (Å²) >= 11 is 0. The van der Waals surface area contributed by atoms with Gasteiger partial charge in [-0.25, -0.2) is 0 Å². The lowest BCUT2D eigenvalue weighted by molar-refractivity contribution is 0.141. The number of aliphatic hydroxyl groups is 1. The molecule has 2 nitrogen and oxygen atoms in total. The van der Waals surface area contributed by atoms with E-state index < -0.39 is 0 Å². The van der Waals surface area contributed by atoms with Crippen molar-refractivity contribution in [1.82, 2.24) is 5.32 Å². The lowest BCUT2D eigenvalue weighted by atomic mass is 9.84. The Morgan fingerprint density at radius 3 is 2.69 bits per heavy atom. The molecule has 2 N–H and O–H groups in total. The second-order valence-electron chi connectivity index (χ2n) is 5.29. The van der Waals surface area contributed by atoms with Crippen LogP contribution < -0.4 is 5.32 Å². The highest BCUT2D eigenvalue weighted by Gasteiger charge is 2.26. The van der Waals surface area contributed by atoms with Gasteiger partial charge < -0.3 is 10.4 Å². The van der Waals surface area contributed by atoms with Crippen LogP contribution in [0.25, 0.3) is 0 Å². The van der Waals surface area contributed by atoms with Crippen molar-refractivity contribution in [2.24, 2.45) is 11.8 Å². The van der Waals surface area contributed by atoms with Gasteiger partial charge in [-0.2, -0.15) is 0 Å². The monoisotopic (exact) mass is 225 g/mol. The minimum atomic E-state index is 0.334. The average Bonchev–Trinajstić information content (AvgIpc) is 2.30. The molecule has 4 unspecified atom stereocenters. The van der Waals surface area contributed by atoms with Crippen molar-refractivity contribution in [3.63, 3.8) is 0 Å². The number of nitrogens with one attached hydrogen (secondary N) is 1. The first-order valence-corrected chi connectivity index (χ1v) is 6.66. The molecular weight excluding hydrogens is 198 g/mol. The van der Waals surface area contributed by atoms with Gasteiger partial charge in [-0.3, -0.25) is 0 Å². The largest absolute Gasteiger partial charge is 0.396 e. The number of hydrogen-bond donors (Lipinski definition) is 2. The van der Waals surface area contributed by atoms with Crippen LogP contribution in [0.5, 0.6) is 0 Å². The molecule has 0 heterocycles. The molecule has 1 fully saturated rings. The zero-order chi connectivity index (χ0) is 12.0. The zero-order valence-corrected chi connectivity index (χ0v) is 10.8. The van der Waals surface area contributed by atoms with Gasteiger partial charge in [0, 0.05) is 18.7 Å². The lowest BCUT2D eigenvalue weighted by Crippen LogP contribution is -2.46. The van der Waals surface area contributed by atoms with E-state index in [0.717, 1.165) is 6.42 Å². The van der Waals surface area contributed by atoms with Crippen LogP contribution in [-0.4, -0.2) is 23.8 Å². The van der Waals surface area contributed by atoms with E-state index >= 15 is 0 Å². The molecule has 0 bridgehead atoms. The van der Waals surface area contributed by atoms with Crippen molar-refractivity contribution in [1.29, 1.82) is 0 Å². The summed E-state index contributed by atoms with van der Waals surface area (Å²) in [7, 11) is 0. The van der Waals surface area contributed by atoms with Gasteiger partial charge in [0.2, 0.25) is 0 Å². The molecule has 94 valence electrons. The van der Waals surface area contributed by atoms with Crippen molar-refractivity contribution in [3.05, 3.63) is 12.7 Å². The molecule has 16 heavy (non-hydrogen) atoms. The van der Waals surface area contributed by atoms with Crippen molar-refractivity contribution in [2.45, 2.75) is 58.0 Å². The summed E-state index contributed by atoms with van der Waals surface area (Å²) in [6.45, 7) is 8.63.